The molecular formula is C21H27NO3. The van der Waals surface area contributed by atoms with Crippen LogP contribution in [0, 0.1) is 0 Å². The molecule has 0 unspecified atom stereocenters. The molecule has 0 heterocycles. The highest BCUT2D eigenvalue weighted by Crippen LogP contribution is 2.24. The van der Waals surface area contributed by atoms with E-state index in [1.165, 1.54) is 5.56 Å². The van der Waals surface area contributed by atoms with Gasteiger partial charge in [0, 0.05) is 0 Å². The molecule has 0 aliphatic rings. The van der Waals surface area contributed by atoms with Gasteiger partial charge in [-0.3, -0.25) is 4.79 Å². The molecule has 0 saturated carbocycles. The summed E-state index contributed by atoms with van der Waals surface area (Å²) in [6, 6.07) is 17.4. The molecule has 2 rings (SSSR count). The Morgan fingerprint density at radius 1 is 1.00 bits per heavy atom. The molecule has 4 heteroatoms. The second-order valence-electron chi connectivity index (χ2n) is 6.99. The first-order valence-corrected chi connectivity index (χ1v) is 8.59. The van der Waals surface area contributed by atoms with E-state index in [1.807, 2.05) is 42.5 Å². The molecule has 0 aliphatic carbocycles. The molecule has 134 valence electrons. The van der Waals surface area contributed by atoms with Gasteiger partial charge in [-0.25, -0.2) is 0 Å². The molecule has 0 radical (unpaired) electrons. The van der Waals surface area contributed by atoms with Crippen LogP contribution in [0.3, 0.4) is 0 Å². The van der Waals surface area contributed by atoms with Gasteiger partial charge in [0.2, 0.25) is 0 Å². The van der Waals surface area contributed by atoms with Gasteiger partial charge in [-0.1, -0.05) is 51.1 Å². The minimum atomic E-state index is -0.548. The Kier molecular flexibility index (Phi) is 6.45. The quantitative estimate of drug-likeness (QED) is 0.776. The van der Waals surface area contributed by atoms with Gasteiger partial charge in [0.25, 0.3) is 5.91 Å². The molecule has 0 fully saturated rings. The molecule has 2 aromatic rings. The summed E-state index contributed by atoms with van der Waals surface area (Å²) in [5, 5.41) is 2.82. The predicted molar refractivity (Wildman–Crippen MR) is 100 cm³/mol. The van der Waals surface area contributed by atoms with E-state index >= 15 is 0 Å². The normalized spacial score (nSPS) is 12.3. The first-order valence-electron chi connectivity index (χ1n) is 8.59. The first-order chi connectivity index (χ1) is 11.9. The number of carbonyl (C=O) groups excluding carboxylic acids is 1. The standard InChI is InChI=1S/C21H27NO3/c1-16(25-19-8-6-5-7-9-19)20(23)22-14-15-24-18-12-10-17(11-13-18)21(2,3)4/h5-13,16H,14-15H2,1-4H3,(H,22,23)/t16-/m0/s1. The minimum Gasteiger partial charge on any atom is -0.492 e. The Labute approximate surface area is 150 Å². The van der Waals surface area contributed by atoms with Crippen molar-refractivity contribution in [1.82, 2.24) is 5.32 Å². The van der Waals surface area contributed by atoms with Crippen LogP contribution >= 0.6 is 0 Å². The van der Waals surface area contributed by atoms with E-state index in [2.05, 4.69) is 38.2 Å². The summed E-state index contributed by atoms with van der Waals surface area (Å²) in [5.74, 6) is 1.33. The van der Waals surface area contributed by atoms with Crippen LogP contribution in [0.15, 0.2) is 54.6 Å². The van der Waals surface area contributed by atoms with Gasteiger partial charge in [0.15, 0.2) is 6.10 Å². The Morgan fingerprint density at radius 2 is 1.64 bits per heavy atom. The van der Waals surface area contributed by atoms with E-state index < -0.39 is 6.10 Å². The Hall–Kier alpha value is -2.49. The molecule has 2 aromatic carbocycles. The lowest BCUT2D eigenvalue weighted by Crippen LogP contribution is -2.38. The zero-order chi connectivity index (χ0) is 18.3. The number of ether oxygens (including phenoxy) is 2. The van der Waals surface area contributed by atoms with Crippen molar-refractivity contribution in [3.05, 3.63) is 60.2 Å². The van der Waals surface area contributed by atoms with Gasteiger partial charge in [-0.15, -0.1) is 0 Å². The van der Waals surface area contributed by atoms with Crippen molar-refractivity contribution < 1.29 is 14.3 Å². The SMILES string of the molecule is C[C@H](Oc1ccccc1)C(=O)NCCOc1ccc(C(C)(C)C)cc1. The maximum absolute atomic E-state index is 12.0. The van der Waals surface area contributed by atoms with Gasteiger partial charge < -0.3 is 14.8 Å². The average Bonchev–Trinajstić information content (AvgIpc) is 2.59. The van der Waals surface area contributed by atoms with Crippen molar-refractivity contribution in [1.29, 1.82) is 0 Å². The van der Waals surface area contributed by atoms with Gasteiger partial charge >= 0.3 is 0 Å². The Balaban J connectivity index is 1.70. The largest absolute Gasteiger partial charge is 0.492 e. The fraction of sp³-hybridized carbons (Fsp3) is 0.381. The average molecular weight is 341 g/mol. The lowest BCUT2D eigenvalue weighted by atomic mass is 9.87. The number of hydrogen-bond acceptors (Lipinski definition) is 3. The van der Waals surface area contributed by atoms with Crippen LogP contribution in [0.25, 0.3) is 0 Å². The van der Waals surface area contributed by atoms with Crippen LogP contribution in [0.5, 0.6) is 11.5 Å². The monoisotopic (exact) mass is 341 g/mol. The van der Waals surface area contributed by atoms with Crippen LogP contribution in [-0.4, -0.2) is 25.2 Å². The second kappa shape index (κ2) is 8.56. The number of benzene rings is 2. The van der Waals surface area contributed by atoms with Crippen LogP contribution in [0.1, 0.15) is 33.3 Å². The number of rotatable bonds is 7. The summed E-state index contributed by atoms with van der Waals surface area (Å²) >= 11 is 0. The predicted octanol–water partition coefficient (Wildman–Crippen LogP) is 3.95. The van der Waals surface area contributed by atoms with E-state index in [1.54, 1.807) is 6.92 Å². The summed E-state index contributed by atoms with van der Waals surface area (Å²) < 4.78 is 11.3. The number of carbonyl (C=O) groups is 1. The molecule has 4 nitrogen and oxygen atoms in total. The molecule has 0 aliphatic heterocycles. The molecule has 0 aromatic heterocycles. The molecule has 1 amide bonds. The third kappa shape index (κ3) is 6.14. The van der Waals surface area contributed by atoms with Gasteiger partial charge in [0.1, 0.15) is 18.1 Å². The lowest BCUT2D eigenvalue weighted by Gasteiger charge is -2.19. The Bertz CT molecular complexity index is 660. The number of amides is 1. The molecule has 0 bridgehead atoms. The zero-order valence-electron chi connectivity index (χ0n) is 15.4. The van der Waals surface area contributed by atoms with Crippen molar-refractivity contribution in [2.24, 2.45) is 0 Å². The van der Waals surface area contributed by atoms with E-state index in [9.17, 15) is 4.79 Å². The third-order valence-corrected chi connectivity index (χ3v) is 3.82. The van der Waals surface area contributed by atoms with Crippen LogP contribution in [-0.2, 0) is 10.2 Å². The molecule has 25 heavy (non-hydrogen) atoms. The first kappa shape index (κ1) is 18.8. The molecule has 1 atom stereocenters. The molecule has 0 saturated heterocycles. The molecule has 1 N–H and O–H groups in total. The second-order valence-corrected chi connectivity index (χ2v) is 6.99. The summed E-state index contributed by atoms with van der Waals surface area (Å²) in [6.45, 7) is 9.11. The van der Waals surface area contributed by atoms with E-state index in [4.69, 9.17) is 9.47 Å². The van der Waals surface area contributed by atoms with Crippen LogP contribution < -0.4 is 14.8 Å². The third-order valence-electron chi connectivity index (χ3n) is 3.82. The fourth-order valence-electron chi connectivity index (χ4n) is 2.29. The van der Waals surface area contributed by atoms with Gasteiger partial charge in [-0.2, -0.15) is 0 Å². The number of para-hydroxylation sites is 1. The van der Waals surface area contributed by atoms with Crippen molar-refractivity contribution in [3.63, 3.8) is 0 Å². The van der Waals surface area contributed by atoms with E-state index in [0.29, 0.717) is 18.9 Å². The van der Waals surface area contributed by atoms with Crippen LogP contribution in [0.2, 0.25) is 0 Å². The summed E-state index contributed by atoms with van der Waals surface area (Å²) in [7, 11) is 0. The summed E-state index contributed by atoms with van der Waals surface area (Å²) in [4.78, 5) is 12.0. The highest BCUT2D eigenvalue weighted by Gasteiger charge is 2.14. The van der Waals surface area contributed by atoms with Crippen molar-refractivity contribution >= 4 is 5.91 Å². The smallest absolute Gasteiger partial charge is 0.260 e. The maximum atomic E-state index is 12.0. The highest BCUT2D eigenvalue weighted by atomic mass is 16.5. The van der Waals surface area contributed by atoms with Crippen molar-refractivity contribution in [2.75, 3.05) is 13.2 Å². The van der Waals surface area contributed by atoms with Crippen molar-refractivity contribution in [3.8, 4) is 11.5 Å². The zero-order valence-corrected chi connectivity index (χ0v) is 15.4. The summed E-state index contributed by atoms with van der Waals surface area (Å²) in [5.41, 5.74) is 1.39. The molecular weight excluding hydrogens is 314 g/mol. The van der Waals surface area contributed by atoms with E-state index in [0.717, 1.165) is 5.75 Å². The van der Waals surface area contributed by atoms with Gasteiger partial charge in [-0.05, 0) is 42.2 Å². The summed E-state index contributed by atoms with van der Waals surface area (Å²) in [6.07, 6.45) is -0.548. The molecule has 0 spiro atoms. The number of hydrogen-bond donors (Lipinski definition) is 1. The minimum absolute atomic E-state index is 0.126. The number of nitrogens with one attached hydrogen (secondary N) is 1. The van der Waals surface area contributed by atoms with E-state index in [-0.39, 0.29) is 11.3 Å². The highest BCUT2D eigenvalue weighted by molar-refractivity contribution is 5.80. The Morgan fingerprint density at radius 3 is 2.24 bits per heavy atom. The topological polar surface area (TPSA) is 47.6 Å². The van der Waals surface area contributed by atoms with Crippen LogP contribution in [0.4, 0.5) is 0 Å². The fourth-order valence-corrected chi connectivity index (χ4v) is 2.29. The van der Waals surface area contributed by atoms with Crippen molar-refractivity contribution in [2.45, 2.75) is 39.2 Å². The maximum Gasteiger partial charge on any atom is 0.260 e. The lowest BCUT2D eigenvalue weighted by molar-refractivity contribution is -0.127. The van der Waals surface area contributed by atoms with Gasteiger partial charge in [0.05, 0.1) is 6.54 Å².